The van der Waals surface area contributed by atoms with Crippen LogP contribution in [-0.2, 0) is 10.0 Å². The largest absolute Gasteiger partial charge is 0.511 e. The SMILES string of the molecule is C[Si]1(C)CCN(S(=O)(=O)C(F)(F)F)CC1. The van der Waals surface area contributed by atoms with Gasteiger partial charge in [-0.15, -0.1) is 0 Å². The molecule has 0 saturated carbocycles. The summed E-state index contributed by atoms with van der Waals surface area (Å²) in [5, 5.41) is 0. The number of hydrogen-bond acceptors (Lipinski definition) is 2. The highest BCUT2D eigenvalue weighted by Crippen LogP contribution is 2.31. The lowest BCUT2D eigenvalue weighted by Crippen LogP contribution is -2.49. The Morgan fingerprint density at radius 2 is 1.53 bits per heavy atom. The number of rotatable bonds is 1. The van der Waals surface area contributed by atoms with Gasteiger partial charge in [0.1, 0.15) is 0 Å². The van der Waals surface area contributed by atoms with Crippen LogP contribution in [0, 0.1) is 0 Å². The van der Waals surface area contributed by atoms with Crippen LogP contribution in [0.1, 0.15) is 0 Å². The van der Waals surface area contributed by atoms with E-state index in [9.17, 15) is 21.6 Å². The fourth-order valence-electron chi connectivity index (χ4n) is 1.48. The summed E-state index contributed by atoms with van der Waals surface area (Å²) in [4.78, 5) is 0. The second kappa shape index (κ2) is 3.74. The van der Waals surface area contributed by atoms with Crippen molar-refractivity contribution in [1.29, 1.82) is 0 Å². The molecule has 0 aromatic rings. The molecular weight excluding hydrogens is 247 g/mol. The zero-order chi connectivity index (χ0) is 11.9. The molecule has 0 spiro atoms. The monoisotopic (exact) mass is 261 g/mol. The average Bonchev–Trinajstić information content (AvgIpc) is 2.01. The molecular formula is C7H14F3NO2SSi. The molecule has 8 heteroatoms. The lowest BCUT2D eigenvalue weighted by atomic mass is 10.6. The van der Waals surface area contributed by atoms with E-state index in [0.29, 0.717) is 16.4 Å². The average molecular weight is 261 g/mol. The molecule has 90 valence electrons. The lowest BCUT2D eigenvalue weighted by molar-refractivity contribution is -0.0487. The van der Waals surface area contributed by atoms with Crippen LogP contribution in [0.25, 0.3) is 0 Å². The van der Waals surface area contributed by atoms with Crippen LogP contribution in [0.15, 0.2) is 0 Å². The van der Waals surface area contributed by atoms with Gasteiger partial charge in [-0.25, -0.2) is 8.42 Å². The molecule has 1 saturated heterocycles. The summed E-state index contributed by atoms with van der Waals surface area (Å²) in [6.07, 6.45) is 0. The van der Waals surface area contributed by atoms with Crippen molar-refractivity contribution < 1.29 is 21.6 Å². The van der Waals surface area contributed by atoms with Gasteiger partial charge in [0.05, 0.1) is 0 Å². The van der Waals surface area contributed by atoms with E-state index in [1.165, 1.54) is 0 Å². The first-order valence-corrected chi connectivity index (χ1v) is 9.48. The van der Waals surface area contributed by atoms with Gasteiger partial charge in [-0.05, 0) is 12.1 Å². The summed E-state index contributed by atoms with van der Waals surface area (Å²) in [5.74, 6) is 0. The molecule has 0 unspecified atom stereocenters. The van der Waals surface area contributed by atoms with Crippen molar-refractivity contribution >= 4 is 18.1 Å². The van der Waals surface area contributed by atoms with Gasteiger partial charge < -0.3 is 0 Å². The Kier molecular flexibility index (Phi) is 3.24. The third-order valence-corrected chi connectivity index (χ3v) is 7.49. The number of halogens is 3. The summed E-state index contributed by atoms with van der Waals surface area (Å²) in [7, 11) is -6.54. The van der Waals surface area contributed by atoms with Crippen molar-refractivity contribution in [3.8, 4) is 0 Å². The van der Waals surface area contributed by atoms with Crippen molar-refractivity contribution in [2.24, 2.45) is 0 Å². The maximum Gasteiger partial charge on any atom is 0.511 e. The van der Waals surface area contributed by atoms with Crippen molar-refractivity contribution in [3.63, 3.8) is 0 Å². The number of hydrogen-bond donors (Lipinski definition) is 0. The first-order valence-electron chi connectivity index (χ1n) is 4.63. The summed E-state index contributed by atoms with van der Waals surface area (Å²) in [6, 6.07) is 1.20. The molecule has 3 nitrogen and oxygen atoms in total. The molecule has 0 aromatic heterocycles. The smallest absolute Gasteiger partial charge is 0.203 e. The second-order valence-electron chi connectivity index (χ2n) is 4.51. The van der Waals surface area contributed by atoms with E-state index in [1.807, 2.05) is 0 Å². The Balaban J connectivity index is 2.78. The molecule has 1 aliphatic rings. The molecule has 1 aliphatic heterocycles. The molecule has 0 radical (unpaired) electrons. The molecule has 0 aliphatic carbocycles. The van der Waals surface area contributed by atoms with Crippen molar-refractivity contribution in [2.45, 2.75) is 30.7 Å². The molecule has 1 rings (SSSR count). The van der Waals surface area contributed by atoms with E-state index in [4.69, 9.17) is 0 Å². The highest BCUT2D eigenvalue weighted by Gasteiger charge is 2.51. The Hall–Kier alpha value is -0.0831. The van der Waals surface area contributed by atoms with Gasteiger partial charge in [0.25, 0.3) is 0 Å². The topological polar surface area (TPSA) is 37.4 Å². The van der Waals surface area contributed by atoms with Crippen LogP contribution in [-0.4, -0.2) is 39.4 Å². The molecule has 1 heterocycles. The summed E-state index contributed by atoms with van der Waals surface area (Å²) in [5.41, 5.74) is -5.16. The molecule has 0 N–H and O–H groups in total. The molecule has 15 heavy (non-hydrogen) atoms. The van der Waals surface area contributed by atoms with Crippen molar-refractivity contribution in [2.75, 3.05) is 13.1 Å². The Bertz CT molecular complexity index is 329. The van der Waals surface area contributed by atoms with Crippen molar-refractivity contribution in [1.82, 2.24) is 4.31 Å². The van der Waals surface area contributed by atoms with E-state index < -0.39 is 23.6 Å². The Morgan fingerprint density at radius 1 is 1.13 bits per heavy atom. The van der Waals surface area contributed by atoms with Crippen LogP contribution in [0.4, 0.5) is 13.2 Å². The standard InChI is InChI=1S/C7H14F3NO2SSi/c1-15(2)5-3-11(4-6-15)14(12,13)7(8,9)10/h3-6H2,1-2H3. The van der Waals surface area contributed by atoms with E-state index in [1.54, 1.807) is 0 Å². The van der Waals surface area contributed by atoms with Gasteiger partial charge in [0.2, 0.25) is 0 Å². The van der Waals surface area contributed by atoms with Crippen LogP contribution in [0.5, 0.6) is 0 Å². The van der Waals surface area contributed by atoms with Gasteiger partial charge in [0, 0.05) is 21.2 Å². The predicted molar refractivity (Wildman–Crippen MR) is 53.6 cm³/mol. The van der Waals surface area contributed by atoms with Gasteiger partial charge in [-0.1, -0.05) is 13.1 Å². The predicted octanol–water partition coefficient (Wildman–Crippen LogP) is 1.86. The highest BCUT2D eigenvalue weighted by atomic mass is 32.2. The normalized spacial score (nSPS) is 24.1. The third-order valence-electron chi connectivity index (χ3n) is 2.71. The van der Waals surface area contributed by atoms with E-state index in [2.05, 4.69) is 13.1 Å². The van der Waals surface area contributed by atoms with Crippen molar-refractivity contribution in [3.05, 3.63) is 0 Å². The van der Waals surface area contributed by atoms with Gasteiger partial charge in [0.15, 0.2) is 0 Å². The second-order valence-corrected chi connectivity index (χ2v) is 11.8. The number of alkyl halides is 3. The third kappa shape index (κ3) is 2.73. The number of sulfonamides is 1. The van der Waals surface area contributed by atoms with Crippen LogP contribution in [0.2, 0.25) is 25.2 Å². The van der Waals surface area contributed by atoms with Gasteiger partial charge >= 0.3 is 15.5 Å². The van der Waals surface area contributed by atoms with Crippen LogP contribution >= 0.6 is 0 Å². The minimum absolute atomic E-state index is 0.0149. The summed E-state index contributed by atoms with van der Waals surface area (Å²) in [6.45, 7) is 4.15. The Morgan fingerprint density at radius 3 is 1.87 bits per heavy atom. The van der Waals surface area contributed by atoms with Crippen LogP contribution in [0.3, 0.4) is 0 Å². The molecule has 0 bridgehead atoms. The summed E-state index contributed by atoms with van der Waals surface area (Å²) < 4.78 is 59.2. The first kappa shape index (κ1) is 13.0. The number of nitrogens with zero attached hydrogens (tertiary/aromatic N) is 1. The molecule has 0 atom stereocenters. The fourth-order valence-corrected chi connectivity index (χ4v) is 4.76. The van der Waals surface area contributed by atoms with E-state index in [0.717, 1.165) is 0 Å². The minimum atomic E-state index is -5.16. The van der Waals surface area contributed by atoms with Gasteiger partial charge in [-0.3, -0.25) is 0 Å². The maximum absolute atomic E-state index is 12.2. The molecule has 0 aromatic carbocycles. The molecule has 0 amide bonds. The minimum Gasteiger partial charge on any atom is -0.203 e. The maximum atomic E-state index is 12.2. The Labute approximate surface area is 88.3 Å². The molecule has 1 fully saturated rings. The first-order chi connectivity index (χ1) is 6.56. The summed E-state index contributed by atoms with van der Waals surface area (Å²) >= 11 is 0. The van der Waals surface area contributed by atoms with Gasteiger partial charge in [-0.2, -0.15) is 17.5 Å². The lowest BCUT2D eigenvalue weighted by Gasteiger charge is -2.34. The zero-order valence-corrected chi connectivity index (χ0v) is 10.5. The van der Waals surface area contributed by atoms with E-state index >= 15 is 0 Å². The zero-order valence-electron chi connectivity index (χ0n) is 8.63. The quantitative estimate of drug-likeness (QED) is 0.676. The van der Waals surface area contributed by atoms with Crippen LogP contribution < -0.4 is 0 Å². The highest BCUT2D eigenvalue weighted by molar-refractivity contribution is 7.90. The fraction of sp³-hybridized carbons (Fsp3) is 1.00. The van der Waals surface area contributed by atoms with E-state index in [-0.39, 0.29) is 13.1 Å².